The molecule has 3 fully saturated rings. The molecule has 2 unspecified atom stereocenters. The van der Waals surface area contributed by atoms with E-state index in [0.29, 0.717) is 51.6 Å². The Labute approximate surface area is 222 Å². The van der Waals surface area contributed by atoms with Crippen molar-refractivity contribution < 1.29 is 29.0 Å². The summed E-state index contributed by atoms with van der Waals surface area (Å²) >= 11 is 0. The fraction of sp³-hybridized carbons (Fsp3) is 0.759. The van der Waals surface area contributed by atoms with Gasteiger partial charge in [-0.2, -0.15) is 0 Å². The van der Waals surface area contributed by atoms with Crippen molar-refractivity contribution in [2.45, 2.75) is 102 Å². The fourth-order valence-electron chi connectivity index (χ4n) is 6.63. The lowest BCUT2D eigenvalue weighted by Crippen LogP contribution is -2.60. The highest BCUT2D eigenvalue weighted by Crippen LogP contribution is 2.64. The van der Waals surface area contributed by atoms with Crippen LogP contribution in [0.2, 0.25) is 0 Å². The second-order valence-electron chi connectivity index (χ2n) is 11.7. The van der Waals surface area contributed by atoms with Crippen molar-refractivity contribution in [2.75, 3.05) is 26.3 Å². The highest BCUT2D eigenvalue weighted by molar-refractivity contribution is 5.98. The number of nitrogens with zero attached hydrogens (tertiary/aromatic N) is 2. The number of carbonyl (C=O) groups is 3. The van der Waals surface area contributed by atoms with Crippen molar-refractivity contribution in [3.8, 4) is 0 Å². The van der Waals surface area contributed by atoms with Gasteiger partial charge in [0.2, 0.25) is 11.8 Å². The van der Waals surface area contributed by atoms with Gasteiger partial charge in [0.1, 0.15) is 17.6 Å². The van der Waals surface area contributed by atoms with Gasteiger partial charge >= 0.3 is 5.97 Å². The minimum absolute atomic E-state index is 0.0852. The van der Waals surface area contributed by atoms with Gasteiger partial charge in [-0.1, -0.05) is 19.1 Å². The molecule has 37 heavy (non-hydrogen) atoms. The van der Waals surface area contributed by atoms with Gasteiger partial charge in [-0.3, -0.25) is 14.4 Å². The van der Waals surface area contributed by atoms with Gasteiger partial charge < -0.3 is 24.4 Å². The number of esters is 1. The molecule has 8 nitrogen and oxygen atoms in total. The van der Waals surface area contributed by atoms with Crippen LogP contribution in [0.15, 0.2) is 25.3 Å². The van der Waals surface area contributed by atoms with Gasteiger partial charge in [0.15, 0.2) is 0 Å². The van der Waals surface area contributed by atoms with Gasteiger partial charge in [0.25, 0.3) is 0 Å². The van der Waals surface area contributed by atoms with Crippen molar-refractivity contribution in [1.29, 1.82) is 0 Å². The molecule has 2 amide bonds. The molecule has 3 rings (SSSR count). The first-order chi connectivity index (χ1) is 17.5. The molecule has 3 aliphatic rings. The molecular formula is C29H46N2O6. The van der Waals surface area contributed by atoms with Crippen LogP contribution in [0.5, 0.6) is 0 Å². The van der Waals surface area contributed by atoms with Gasteiger partial charge in [-0.25, -0.2) is 0 Å². The van der Waals surface area contributed by atoms with E-state index in [9.17, 15) is 19.5 Å². The molecule has 0 aromatic heterocycles. The van der Waals surface area contributed by atoms with Crippen molar-refractivity contribution in [2.24, 2.45) is 11.8 Å². The monoisotopic (exact) mass is 518 g/mol. The minimum Gasteiger partial charge on any atom is -0.465 e. The van der Waals surface area contributed by atoms with E-state index in [1.807, 2.05) is 27.7 Å². The summed E-state index contributed by atoms with van der Waals surface area (Å²) in [5, 5.41) is 9.22. The number of unbranched alkanes of at least 4 members (excludes halogenated alkanes) is 3. The Morgan fingerprint density at radius 2 is 1.92 bits per heavy atom. The van der Waals surface area contributed by atoms with E-state index in [4.69, 9.17) is 9.47 Å². The Bertz CT molecular complexity index is 882. The number of hydrogen-bond donors (Lipinski definition) is 1. The molecule has 0 aromatic rings. The van der Waals surface area contributed by atoms with E-state index in [1.54, 1.807) is 22.0 Å². The van der Waals surface area contributed by atoms with E-state index in [2.05, 4.69) is 13.2 Å². The van der Waals surface area contributed by atoms with Crippen LogP contribution in [-0.2, 0) is 23.9 Å². The van der Waals surface area contributed by atoms with E-state index < -0.39 is 40.6 Å². The SMILES string of the molecule is C=CCCCOC(=O)[C@H]1[C@H]2C(=O)N(CCCCCO)C(C(=O)N(CC=C)C(C)(C)C)C23CC[C@]1(CC)O3. The molecule has 8 heteroatoms. The number of ether oxygens (including phenoxy) is 2. The standard InChI is InChI=1S/C29H46N2O6/c1-7-10-14-20-36-26(35)22-21-24(33)30(18-12-11-13-19-32)23(25(34)31(17-8-2)27(4,5)6)29(21)16-15-28(22,9-3)37-29/h7-8,21-23,32H,1-2,9-20H2,3-6H3/t21-,22+,23?,28-,29?/m0/s1. The van der Waals surface area contributed by atoms with Crippen LogP contribution in [0.3, 0.4) is 0 Å². The van der Waals surface area contributed by atoms with Crippen molar-refractivity contribution in [3.63, 3.8) is 0 Å². The van der Waals surface area contributed by atoms with E-state index >= 15 is 0 Å². The summed E-state index contributed by atoms with van der Waals surface area (Å²) in [5.74, 6) is -2.25. The Kier molecular flexibility index (Phi) is 9.27. The third-order valence-corrected chi connectivity index (χ3v) is 8.41. The van der Waals surface area contributed by atoms with Gasteiger partial charge in [-0.05, 0) is 72.1 Å². The topological polar surface area (TPSA) is 96.4 Å². The van der Waals surface area contributed by atoms with E-state index in [1.165, 1.54) is 0 Å². The van der Waals surface area contributed by atoms with Gasteiger partial charge in [0, 0.05) is 25.2 Å². The van der Waals surface area contributed by atoms with Crippen LogP contribution in [-0.4, -0.2) is 81.8 Å². The third-order valence-electron chi connectivity index (χ3n) is 8.41. The minimum atomic E-state index is -1.06. The Morgan fingerprint density at radius 3 is 2.51 bits per heavy atom. The number of amides is 2. The first-order valence-corrected chi connectivity index (χ1v) is 13.9. The molecular weight excluding hydrogens is 472 g/mol. The molecule has 0 radical (unpaired) electrons. The zero-order valence-electron chi connectivity index (χ0n) is 23.2. The number of rotatable bonds is 14. The lowest BCUT2D eigenvalue weighted by Gasteiger charge is -2.42. The molecule has 1 N–H and O–H groups in total. The summed E-state index contributed by atoms with van der Waals surface area (Å²) in [6.45, 7) is 16.5. The first-order valence-electron chi connectivity index (χ1n) is 13.9. The summed E-state index contributed by atoms with van der Waals surface area (Å²) in [6.07, 6.45) is 8.65. The summed E-state index contributed by atoms with van der Waals surface area (Å²) in [6, 6.07) is -0.815. The molecule has 2 bridgehead atoms. The number of likely N-dealkylation sites (tertiary alicyclic amines) is 1. The Balaban J connectivity index is 2.01. The largest absolute Gasteiger partial charge is 0.465 e. The molecule has 3 heterocycles. The first kappa shape index (κ1) is 29.4. The number of hydrogen-bond acceptors (Lipinski definition) is 6. The number of aliphatic hydroxyl groups is 1. The Hall–Kier alpha value is -2.19. The number of carbonyl (C=O) groups excluding carboxylic acids is 3. The predicted molar refractivity (Wildman–Crippen MR) is 142 cm³/mol. The van der Waals surface area contributed by atoms with Crippen molar-refractivity contribution >= 4 is 17.8 Å². The lowest BCUT2D eigenvalue weighted by molar-refractivity contribution is -0.162. The molecule has 0 aliphatic carbocycles. The molecule has 208 valence electrons. The van der Waals surface area contributed by atoms with Crippen LogP contribution in [0, 0.1) is 11.8 Å². The van der Waals surface area contributed by atoms with Crippen molar-refractivity contribution in [1.82, 2.24) is 9.80 Å². The Morgan fingerprint density at radius 1 is 1.19 bits per heavy atom. The number of fused-ring (bicyclic) bond motifs is 1. The zero-order valence-corrected chi connectivity index (χ0v) is 23.2. The number of allylic oxidation sites excluding steroid dienone is 1. The average molecular weight is 519 g/mol. The highest BCUT2D eigenvalue weighted by Gasteiger charge is 2.79. The molecule has 0 saturated carbocycles. The molecule has 3 aliphatic heterocycles. The number of aliphatic hydroxyl groups excluding tert-OH is 1. The second-order valence-corrected chi connectivity index (χ2v) is 11.7. The smallest absolute Gasteiger partial charge is 0.312 e. The lowest BCUT2D eigenvalue weighted by atomic mass is 9.65. The maximum atomic E-state index is 14.3. The summed E-state index contributed by atoms with van der Waals surface area (Å²) in [4.78, 5) is 45.3. The van der Waals surface area contributed by atoms with Crippen LogP contribution >= 0.6 is 0 Å². The van der Waals surface area contributed by atoms with Crippen molar-refractivity contribution in [3.05, 3.63) is 25.3 Å². The van der Waals surface area contributed by atoms with Crippen LogP contribution in [0.25, 0.3) is 0 Å². The maximum Gasteiger partial charge on any atom is 0.312 e. The quantitative estimate of drug-likeness (QED) is 0.214. The zero-order chi connectivity index (χ0) is 27.4. The molecule has 3 saturated heterocycles. The van der Waals surface area contributed by atoms with Crippen LogP contribution in [0.1, 0.15) is 79.1 Å². The van der Waals surface area contributed by atoms with E-state index in [-0.39, 0.29) is 25.0 Å². The maximum absolute atomic E-state index is 14.3. The average Bonchev–Trinajstić information content (AvgIpc) is 3.45. The molecule has 0 aromatic carbocycles. The third kappa shape index (κ3) is 5.24. The predicted octanol–water partition coefficient (Wildman–Crippen LogP) is 3.63. The molecule has 5 atom stereocenters. The van der Waals surface area contributed by atoms with Gasteiger partial charge in [0.05, 0.1) is 18.1 Å². The highest BCUT2D eigenvalue weighted by atomic mass is 16.6. The second kappa shape index (κ2) is 11.7. The fourth-order valence-corrected chi connectivity index (χ4v) is 6.63. The van der Waals surface area contributed by atoms with E-state index in [0.717, 1.165) is 12.8 Å². The van der Waals surface area contributed by atoms with Crippen LogP contribution < -0.4 is 0 Å². The van der Waals surface area contributed by atoms with Gasteiger partial charge in [-0.15, -0.1) is 13.2 Å². The van der Waals surface area contributed by atoms with Crippen LogP contribution in [0.4, 0.5) is 0 Å². The molecule has 1 spiro atoms. The summed E-state index contributed by atoms with van der Waals surface area (Å²) in [5.41, 5.74) is -2.35. The summed E-state index contributed by atoms with van der Waals surface area (Å²) in [7, 11) is 0. The normalized spacial score (nSPS) is 30.4. The summed E-state index contributed by atoms with van der Waals surface area (Å²) < 4.78 is 12.5.